The smallest absolute Gasteiger partial charge is 0.0457 e. The predicted molar refractivity (Wildman–Crippen MR) is 83.1 cm³/mol. The molecule has 0 radical (unpaired) electrons. The van der Waals surface area contributed by atoms with Gasteiger partial charge in [-0.25, -0.2) is 0 Å². The molecule has 2 nitrogen and oxygen atoms in total. The molecule has 1 aromatic heterocycles. The van der Waals surface area contributed by atoms with Gasteiger partial charge < -0.3 is 10.3 Å². The number of hydrogen-bond donors (Lipinski definition) is 2. The Morgan fingerprint density at radius 2 is 2.16 bits per heavy atom. The summed E-state index contributed by atoms with van der Waals surface area (Å²) in [5, 5.41) is 4.75. The van der Waals surface area contributed by atoms with Gasteiger partial charge in [-0.3, -0.25) is 0 Å². The number of benzene rings is 1. The van der Waals surface area contributed by atoms with E-state index in [2.05, 4.69) is 60.3 Å². The Morgan fingerprint density at radius 1 is 1.32 bits per heavy atom. The van der Waals surface area contributed by atoms with E-state index in [1.54, 1.807) is 6.08 Å². The van der Waals surface area contributed by atoms with Gasteiger partial charge in [0, 0.05) is 30.2 Å². The van der Waals surface area contributed by atoms with Crippen molar-refractivity contribution in [2.45, 2.75) is 13.5 Å². The molecule has 0 unspecified atom stereocenters. The summed E-state index contributed by atoms with van der Waals surface area (Å²) in [6.45, 7) is 7.53. The molecular weight excluding hydrogens is 232 g/mol. The lowest BCUT2D eigenvalue weighted by molar-refractivity contribution is 0.743. The van der Waals surface area contributed by atoms with Crippen molar-refractivity contribution >= 4 is 10.9 Å². The van der Waals surface area contributed by atoms with Crippen molar-refractivity contribution in [3.8, 4) is 0 Å². The number of aromatic nitrogens is 1. The second-order valence-electron chi connectivity index (χ2n) is 4.60. The molecule has 2 heteroatoms. The summed E-state index contributed by atoms with van der Waals surface area (Å²) in [6, 6.07) is 8.38. The monoisotopic (exact) mass is 252 g/mol. The van der Waals surface area contributed by atoms with Crippen LogP contribution >= 0.6 is 0 Å². The van der Waals surface area contributed by atoms with Crippen LogP contribution in [0.2, 0.25) is 0 Å². The van der Waals surface area contributed by atoms with Crippen LogP contribution in [0.4, 0.5) is 0 Å². The average Bonchev–Trinajstić information content (AvgIpc) is 2.83. The summed E-state index contributed by atoms with van der Waals surface area (Å²) in [5.41, 5.74) is 3.81. The quantitative estimate of drug-likeness (QED) is 0.749. The molecule has 2 N–H and O–H groups in total. The summed E-state index contributed by atoms with van der Waals surface area (Å²) >= 11 is 0. The van der Waals surface area contributed by atoms with Crippen LogP contribution in [0.25, 0.3) is 10.9 Å². The third-order valence-electron chi connectivity index (χ3n) is 3.02. The van der Waals surface area contributed by atoms with Crippen LogP contribution in [-0.2, 0) is 6.54 Å². The van der Waals surface area contributed by atoms with Crippen LogP contribution < -0.4 is 5.32 Å². The van der Waals surface area contributed by atoms with Crippen molar-refractivity contribution in [3.05, 3.63) is 72.5 Å². The van der Waals surface area contributed by atoms with Crippen molar-refractivity contribution in [3.63, 3.8) is 0 Å². The van der Waals surface area contributed by atoms with Crippen molar-refractivity contribution in [1.29, 1.82) is 0 Å². The summed E-state index contributed by atoms with van der Waals surface area (Å²) in [6.07, 6.45) is 9.90. The Bertz CT molecular complexity index is 603. The Balaban J connectivity index is 1.91. The number of allylic oxidation sites excluding steroid dienone is 4. The first-order valence-electron chi connectivity index (χ1n) is 6.52. The van der Waals surface area contributed by atoms with Gasteiger partial charge in [0.1, 0.15) is 0 Å². The summed E-state index contributed by atoms with van der Waals surface area (Å²) < 4.78 is 0. The van der Waals surface area contributed by atoms with Crippen LogP contribution in [0.3, 0.4) is 0 Å². The molecule has 0 fully saturated rings. The van der Waals surface area contributed by atoms with E-state index in [1.165, 1.54) is 22.0 Å². The molecule has 0 saturated heterocycles. The third kappa shape index (κ3) is 3.70. The SMILES string of the molecule is C=C/C=C\C=C(/C)CNCc1c[nH]c2ccccc12. The zero-order valence-electron chi connectivity index (χ0n) is 11.3. The fourth-order valence-electron chi connectivity index (χ4n) is 2.03. The topological polar surface area (TPSA) is 27.8 Å². The molecule has 0 atom stereocenters. The van der Waals surface area contributed by atoms with Gasteiger partial charge >= 0.3 is 0 Å². The second-order valence-corrected chi connectivity index (χ2v) is 4.60. The van der Waals surface area contributed by atoms with Crippen molar-refractivity contribution in [2.24, 2.45) is 0 Å². The number of fused-ring (bicyclic) bond motifs is 1. The van der Waals surface area contributed by atoms with Crippen LogP contribution in [0.1, 0.15) is 12.5 Å². The number of rotatable bonds is 6. The highest BCUT2D eigenvalue weighted by molar-refractivity contribution is 5.82. The standard InChI is InChI=1S/C17H20N2/c1-3-4-5-8-14(2)11-18-12-15-13-19-17-10-7-6-9-16(15)17/h3-10,13,18-19H,1,11-12H2,2H3/b5-4-,14-8+. The highest BCUT2D eigenvalue weighted by Gasteiger charge is 2.01. The first-order chi connectivity index (χ1) is 9.31. The lowest BCUT2D eigenvalue weighted by Gasteiger charge is -2.03. The molecule has 0 aliphatic heterocycles. The molecule has 98 valence electrons. The zero-order chi connectivity index (χ0) is 13.5. The second kappa shape index (κ2) is 6.76. The Kier molecular flexibility index (Phi) is 4.76. The maximum Gasteiger partial charge on any atom is 0.0457 e. The highest BCUT2D eigenvalue weighted by Crippen LogP contribution is 2.17. The third-order valence-corrected chi connectivity index (χ3v) is 3.02. The number of para-hydroxylation sites is 1. The molecule has 0 saturated carbocycles. The minimum Gasteiger partial charge on any atom is -0.361 e. The van der Waals surface area contributed by atoms with Gasteiger partial charge in [-0.2, -0.15) is 0 Å². The molecular formula is C17H20N2. The first kappa shape index (κ1) is 13.4. The number of nitrogens with one attached hydrogen (secondary N) is 2. The molecule has 0 aliphatic carbocycles. The van der Waals surface area contributed by atoms with Gasteiger partial charge in [-0.15, -0.1) is 0 Å². The number of hydrogen-bond acceptors (Lipinski definition) is 1. The van der Waals surface area contributed by atoms with Crippen molar-refractivity contribution < 1.29 is 0 Å². The summed E-state index contributed by atoms with van der Waals surface area (Å²) in [7, 11) is 0. The largest absolute Gasteiger partial charge is 0.361 e. The van der Waals surface area contributed by atoms with Gasteiger partial charge in [0.2, 0.25) is 0 Å². The zero-order valence-corrected chi connectivity index (χ0v) is 11.3. The van der Waals surface area contributed by atoms with E-state index < -0.39 is 0 Å². The summed E-state index contributed by atoms with van der Waals surface area (Å²) in [4.78, 5) is 3.29. The van der Waals surface area contributed by atoms with E-state index >= 15 is 0 Å². The van der Waals surface area contributed by atoms with E-state index in [0.29, 0.717) is 0 Å². The fourth-order valence-corrected chi connectivity index (χ4v) is 2.03. The maximum absolute atomic E-state index is 3.65. The van der Waals surface area contributed by atoms with Crippen molar-refractivity contribution in [2.75, 3.05) is 6.54 Å². The number of H-pyrrole nitrogens is 1. The minimum absolute atomic E-state index is 0.875. The molecule has 0 amide bonds. The minimum atomic E-state index is 0.875. The maximum atomic E-state index is 3.65. The molecule has 0 bridgehead atoms. The molecule has 1 heterocycles. The fraction of sp³-hybridized carbons (Fsp3) is 0.176. The molecule has 0 aliphatic rings. The van der Waals surface area contributed by atoms with Gasteiger partial charge in [0.05, 0.1) is 0 Å². The number of aromatic amines is 1. The molecule has 2 aromatic rings. The van der Waals surface area contributed by atoms with E-state index in [-0.39, 0.29) is 0 Å². The predicted octanol–water partition coefficient (Wildman–Crippen LogP) is 3.95. The van der Waals surface area contributed by atoms with Crippen molar-refractivity contribution in [1.82, 2.24) is 10.3 Å². The van der Waals surface area contributed by atoms with Crippen LogP contribution in [0.5, 0.6) is 0 Å². The van der Waals surface area contributed by atoms with Gasteiger partial charge in [-0.05, 0) is 18.6 Å². The van der Waals surface area contributed by atoms with Crippen LogP contribution in [0.15, 0.2) is 66.9 Å². The Morgan fingerprint density at radius 3 is 3.00 bits per heavy atom. The Labute approximate surface area is 114 Å². The van der Waals surface area contributed by atoms with Gasteiger partial charge in [0.15, 0.2) is 0 Å². The molecule has 1 aromatic carbocycles. The normalized spacial score (nSPS) is 12.4. The van der Waals surface area contributed by atoms with Crippen LogP contribution in [0, 0.1) is 0 Å². The lowest BCUT2D eigenvalue weighted by Crippen LogP contribution is -2.15. The lowest BCUT2D eigenvalue weighted by atomic mass is 10.2. The van der Waals surface area contributed by atoms with Gasteiger partial charge in [0.25, 0.3) is 0 Å². The molecule has 2 rings (SSSR count). The average molecular weight is 252 g/mol. The van der Waals surface area contributed by atoms with E-state index in [9.17, 15) is 0 Å². The Hall–Kier alpha value is -2.06. The van der Waals surface area contributed by atoms with E-state index in [4.69, 9.17) is 0 Å². The van der Waals surface area contributed by atoms with E-state index in [1.807, 2.05) is 12.2 Å². The first-order valence-corrected chi connectivity index (χ1v) is 6.52. The summed E-state index contributed by atoms with van der Waals surface area (Å²) in [5.74, 6) is 0. The molecule has 19 heavy (non-hydrogen) atoms. The van der Waals surface area contributed by atoms with Crippen LogP contribution in [-0.4, -0.2) is 11.5 Å². The van der Waals surface area contributed by atoms with Gasteiger partial charge in [-0.1, -0.05) is 54.7 Å². The molecule has 0 spiro atoms. The highest BCUT2D eigenvalue weighted by atomic mass is 14.9. The van der Waals surface area contributed by atoms with E-state index in [0.717, 1.165) is 13.1 Å².